The van der Waals surface area contributed by atoms with Crippen LogP contribution in [0, 0.1) is 0 Å². The monoisotopic (exact) mass is 1160 g/mol. The van der Waals surface area contributed by atoms with Gasteiger partial charge in [-0.3, -0.25) is 9.59 Å². The number of ether oxygens (including phenoxy) is 4. The van der Waals surface area contributed by atoms with Gasteiger partial charge in [0.25, 0.3) is 0 Å². The van der Waals surface area contributed by atoms with Crippen molar-refractivity contribution in [1.29, 1.82) is 0 Å². The van der Waals surface area contributed by atoms with Crippen LogP contribution < -0.4 is 5.11 Å². The summed E-state index contributed by atoms with van der Waals surface area (Å²) >= 11 is 0. The summed E-state index contributed by atoms with van der Waals surface area (Å²) in [5.74, 6) is -2.27. The SMILES string of the molecule is CC/C=C\C/C=C\C/C=C\C/C=C\CCCCCCCCCCCCCCCCCCCCC(=O)OC(COC(=O)CCCCCCCCCCCCCCCC/C=C\C/C=C\C/C=C\C/C=C\CC)COC(OCC[N+](C)(C)C)C(=O)[O-]. The van der Waals surface area contributed by atoms with Gasteiger partial charge in [-0.15, -0.1) is 0 Å². The van der Waals surface area contributed by atoms with Crippen LogP contribution in [0.4, 0.5) is 0 Å². The molecule has 83 heavy (non-hydrogen) atoms. The highest BCUT2D eigenvalue weighted by Crippen LogP contribution is 2.18. The van der Waals surface area contributed by atoms with E-state index in [0.717, 1.165) is 83.5 Å². The number of unbranched alkanes of at least 4 members (excludes halogenated alkanes) is 32. The summed E-state index contributed by atoms with van der Waals surface area (Å²) in [7, 11) is 5.93. The molecule has 0 radical (unpaired) electrons. The summed E-state index contributed by atoms with van der Waals surface area (Å²) in [6.45, 7) is 4.55. The number of likely N-dealkylation sites (N-methyl/N-ethyl adjacent to an activating group) is 1. The van der Waals surface area contributed by atoms with Crippen LogP contribution in [0.1, 0.15) is 296 Å². The van der Waals surface area contributed by atoms with E-state index in [-0.39, 0.29) is 38.6 Å². The number of nitrogens with zero attached hydrogens (tertiary/aromatic N) is 1. The van der Waals surface area contributed by atoms with Gasteiger partial charge in [-0.05, 0) is 89.9 Å². The van der Waals surface area contributed by atoms with Crippen LogP contribution in [0.25, 0.3) is 0 Å². The van der Waals surface area contributed by atoms with Crippen molar-refractivity contribution in [3.05, 3.63) is 97.2 Å². The molecule has 0 rings (SSSR count). The van der Waals surface area contributed by atoms with Crippen LogP contribution in [0.3, 0.4) is 0 Å². The number of allylic oxidation sites excluding steroid dienone is 16. The average molecular weight is 1160 g/mol. The first-order valence-corrected chi connectivity index (χ1v) is 34.4. The first-order valence-electron chi connectivity index (χ1n) is 34.4. The smallest absolute Gasteiger partial charge is 0.306 e. The van der Waals surface area contributed by atoms with Gasteiger partial charge in [0.05, 0.1) is 40.3 Å². The molecule has 0 saturated heterocycles. The normalized spacial score (nSPS) is 13.3. The largest absolute Gasteiger partial charge is 0.545 e. The predicted octanol–water partition coefficient (Wildman–Crippen LogP) is 19.9. The van der Waals surface area contributed by atoms with Crippen molar-refractivity contribution in [2.24, 2.45) is 0 Å². The van der Waals surface area contributed by atoms with Crippen LogP contribution in [-0.4, -0.2) is 82.3 Å². The van der Waals surface area contributed by atoms with Crippen molar-refractivity contribution >= 4 is 17.9 Å². The van der Waals surface area contributed by atoms with Gasteiger partial charge in [0.1, 0.15) is 13.2 Å². The standard InChI is InChI=1S/C74H129NO8/c1-6-8-10-12-14-16-18-20-22-24-26-28-30-32-34-35-36-37-39-41-43-45-47-49-51-53-55-57-59-61-63-65-72(77)83-70(69-82-74(73(78)79)80-67-66-75(3,4)5)68-81-71(76)64-62-60-58-56-54-52-50-48-46-44-42-40-38-33-31-29-27-25-23-21-19-17-15-13-11-9-7-2/h8-11,14-17,20-23,26-29,70,74H,6-7,12-13,18-19,24-25,30-69H2,1-5H3/b10-8-,11-9-,16-14-,17-15-,22-20-,23-21-,28-26-,29-27-. The highest BCUT2D eigenvalue weighted by molar-refractivity contribution is 5.70. The molecule has 0 aromatic carbocycles. The van der Waals surface area contributed by atoms with Crippen LogP contribution in [-0.2, 0) is 33.3 Å². The first-order chi connectivity index (χ1) is 40.6. The third kappa shape index (κ3) is 65.6. The second-order valence-electron chi connectivity index (χ2n) is 24.1. The topological polar surface area (TPSA) is 111 Å². The van der Waals surface area contributed by atoms with Crippen molar-refractivity contribution in [3.63, 3.8) is 0 Å². The minimum atomic E-state index is -1.62. The van der Waals surface area contributed by atoms with Gasteiger partial charge < -0.3 is 33.3 Å². The molecule has 2 unspecified atom stereocenters. The van der Waals surface area contributed by atoms with Gasteiger partial charge in [0.15, 0.2) is 12.4 Å². The van der Waals surface area contributed by atoms with Crippen molar-refractivity contribution in [2.45, 2.75) is 309 Å². The number of carbonyl (C=O) groups is 3. The molecule has 0 fully saturated rings. The number of aliphatic carboxylic acids is 1. The van der Waals surface area contributed by atoms with Crippen LogP contribution in [0.15, 0.2) is 97.2 Å². The fourth-order valence-electron chi connectivity index (χ4n) is 9.64. The molecular weight excluding hydrogens is 1030 g/mol. The van der Waals surface area contributed by atoms with Gasteiger partial charge in [-0.25, -0.2) is 0 Å². The van der Waals surface area contributed by atoms with E-state index in [1.165, 1.54) is 180 Å². The van der Waals surface area contributed by atoms with E-state index in [0.29, 0.717) is 17.4 Å². The Labute approximate surface area is 512 Å². The first kappa shape index (κ1) is 79.2. The predicted molar refractivity (Wildman–Crippen MR) is 352 cm³/mol. The number of hydrogen-bond acceptors (Lipinski definition) is 8. The van der Waals surface area contributed by atoms with Crippen LogP contribution in [0.5, 0.6) is 0 Å². The van der Waals surface area contributed by atoms with Gasteiger partial charge in [-0.2, -0.15) is 0 Å². The summed E-state index contributed by atoms with van der Waals surface area (Å²) in [4.78, 5) is 37.5. The molecule has 0 aliphatic heterocycles. The molecule has 2 atom stereocenters. The summed E-state index contributed by atoms with van der Waals surface area (Å²) in [5.41, 5.74) is 0. The number of hydrogen-bond donors (Lipinski definition) is 0. The summed E-state index contributed by atoms with van der Waals surface area (Å²) < 4.78 is 22.8. The zero-order chi connectivity index (χ0) is 60.5. The van der Waals surface area contributed by atoms with E-state index >= 15 is 0 Å². The molecule has 478 valence electrons. The third-order valence-corrected chi connectivity index (χ3v) is 14.8. The molecule has 0 amide bonds. The maximum atomic E-state index is 12.9. The van der Waals surface area contributed by atoms with Gasteiger partial charge in [-0.1, -0.05) is 291 Å². The molecule has 0 aliphatic rings. The zero-order valence-corrected chi connectivity index (χ0v) is 54.5. The molecule has 9 nitrogen and oxygen atoms in total. The molecule has 0 aromatic heterocycles. The Morgan fingerprint density at radius 3 is 0.964 bits per heavy atom. The molecule has 0 bridgehead atoms. The van der Waals surface area contributed by atoms with E-state index in [4.69, 9.17) is 18.9 Å². The molecule has 0 heterocycles. The summed E-state index contributed by atoms with van der Waals surface area (Å²) in [5, 5.41) is 11.8. The molecule has 0 N–H and O–H groups in total. The van der Waals surface area contributed by atoms with E-state index in [2.05, 4.69) is 111 Å². The minimum Gasteiger partial charge on any atom is -0.545 e. The quantitative estimate of drug-likeness (QED) is 0.0195. The maximum absolute atomic E-state index is 12.9. The number of carbonyl (C=O) groups excluding carboxylic acids is 3. The van der Waals surface area contributed by atoms with Crippen molar-refractivity contribution in [2.75, 3.05) is 47.5 Å². The molecule has 0 spiro atoms. The van der Waals surface area contributed by atoms with Crippen molar-refractivity contribution < 1.29 is 42.9 Å². The summed E-state index contributed by atoms with van der Waals surface area (Å²) in [6, 6.07) is 0. The van der Waals surface area contributed by atoms with E-state index in [9.17, 15) is 19.5 Å². The number of carboxylic acids is 1. The van der Waals surface area contributed by atoms with Crippen LogP contribution >= 0.6 is 0 Å². The zero-order valence-electron chi connectivity index (χ0n) is 54.5. The van der Waals surface area contributed by atoms with E-state index in [1.807, 2.05) is 21.1 Å². The minimum absolute atomic E-state index is 0.146. The Balaban J connectivity index is 4.10. The third-order valence-electron chi connectivity index (χ3n) is 14.8. The fourth-order valence-corrected chi connectivity index (χ4v) is 9.64. The second kappa shape index (κ2) is 64.2. The highest BCUT2D eigenvalue weighted by Gasteiger charge is 2.22. The fraction of sp³-hybridized carbons (Fsp3) is 0.743. The lowest BCUT2D eigenvalue weighted by atomic mass is 10.0. The molecule has 0 aliphatic carbocycles. The van der Waals surface area contributed by atoms with Crippen LogP contribution in [0.2, 0.25) is 0 Å². The van der Waals surface area contributed by atoms with Crippen molar-refractivity contribution in [1.82, 2.24) is 0 Å². The number of esters is 2. The average Bonchev–Trinajstić information content (AvgIpc) is 3.46. The van der Waals surface area contributed by atoms with E-state index in [1.54, 1.807) is 0 Å². The Bertz CT molecular complexity index is 1680. The molecule has 0 saturated carbocycles. The van der Waals surface area contributed by atoms with Crippen molar-refractivity contribution in [3.8, 4) is 0 Å². The maximum Gasteiger partial charge on any atom is 0.306 e. The number of carboxylic acid groups (broad SMARTS) is 1. The summed E-state index contributed by atoms with van der Waals surface area (Å²) in [6.07, 6.45) is 84.8. The Kier molecular flexibility index (Phi) is 61.3. The molecular formula is C74H129NO8. The van der Waals surface area contributed by atoms with Gasteiger partial charge in [0.2, 0.25) is 0 Å². The highest BCUT2D eigenvalue weighted by atomic mass is 16.7. The van der Waals surface area contributed by atoms with Gasteiger partial charge in [0, 0.05) is 12.8 Å². The Hall–Kier alpha value is -3.79. The Morgan fingerprint density at radius 2 is 0.651 bits per heavy atom. The molecule has 9 heteroatoms. The lowest BCUT2D eigenvalue weighted by molar-refractivity contribution is -0.870. The van der Waals surface area contributed by atoms with E-state index < -0.39 is 24.3 Å². The number of quaternary nitrogens is 1. The molecule has 0 aromatic rings. The van der Waals surface area contributed by atoms with Gasteiger partial charge >= 0.3 is 11.9 Å². The number of rotatable bonds is 63. The second-order valence-corrected chi connectivity index (χ2v) is 24.1. The lowest BCUT2D eigenvalue weighted by Gasteiger charge is -2.26. The Morgan fingerprint density at radius 1 is 0.361 bits per heavy atom. The lowest BCUT2D eigenvalue weighted by Crippen LogP contribution is -2.44.